The number of likely N-dealkylation sites (N-methyl/N-ethyl adjacent to an activating group) is 2. The van der Waals surface area contributed by atoms with Gasteiger partial charge in [0.05, 0.1) is 36.0 Å². The summed E-state index contributed by atoms with van der Waals surface area (Å²) >= 11 is 0. The molecule has 1 N–H and O–H groups in total. The van der Waals surface area contributed by atoms with E-state index in [1.54, 1.807) is 48.4 Å². The Morgan fingerprint density at radius 1 is 1.19 bits per heavy atom. The molecule has 4 aromatic rings. The molecular formula is C24H25N9O3. The third kappa shape index (κ3) is 5.01. The van der Waals surface area contributed by atoms with Crippen molar-refractivity contribution in [2.75, 3.05) is 51.6 Å². The predicted molar refractivity (Wildman–Crippen MR) is 138 cm³/mol. The Balaban J connectivity index is 1.68. The van der Waals surface area contributed by atoms with E-state index in [0.29, 0.717) is 35.2 Å². The molecule has 0 aliphatic rings. The molecule has 12 heteroatoms. The molecule has 0 spiro atoms. The number of nitrogens with one attached hydrogen (secondary N) is 1. The van der Waals surface area contributed by atoms with Crippen molar-refractivity contribution in [3.05, 3.63) is 70.3 Å². The molecule has 0 atom stereocenters. The second-order valence-electron chi connectivity index (χ2n) is 8.30. The number of nitrogens with zero attached hydrogens (tertiary/aromatic N) is 8. The summed E-state index contributed by atoms with van der Waals surface area (Å²) in [6, 6.07) is 10.0. The van der Waals surface area contributed by atoms with Gasteiger partial charge in [-0.2, -0.15) is 10.1 Å². The van der Waals surface area contributed by atoms with Gasteiger partial charge in [0.1, 0.15) is 11.4 Å². The number of nitro groups is 1. The SMILES string of the molecule is [C-]#[N+]c1ccc2c(cnn2-c2ccnc(Nc3cc([N+](=O)[O-])c(N(C)CCN(C)C)cc3OC)n2)c1. The Morgan fingerprint density at radius 3 is 2.69 bits per heavy atom. The first-order valence-electron chi connectivity index (χ1n) is 11.0. The van der Waals surface area contributed by atoms with E-state index in [1.807, 2.05) is 30.0 Å². The summed E-state index contributed by atoms with van der Waals surface area (Å²) in [5.41, 5.74) is 2.05. The first-order chi connectivity index (χ1) is 17.3. The highest BCUT2D eigenvalue weighted by atomic mass is 16.6. The molecule has 0 unspecified atom stereocenters. The van der Waals surface area contributed by atoms with E-state index in [1.165, 1.54) is 13.2 Å². The lowest BCUT2D eigenvalue weighted by Gasteiger charge is -2.22. The maximum atomic E-state index is 11.9. The fourth-order valence-corrected chi connectivity index (χ4v) is 3.67. The van der Waals surface area contributed by atoms with Crippen molar-refractivity contribution in [2.45, 2.75) is 0 Å². The summed E-state index contributed by atoms with van der Waals surface area (Å²) in [5, 5.41) is 20.1. The van der Waals surface area contributed by atoms with Crippen LogP contribution in [0.5, 0.6) is 5.75 Å². The average Bonchev–Trinajstić information content (AvgIpc) is 3.30. The molecule has 0 aliphatic heterocycles. The van der Waals surface area contributed by atoms with Crippen LogP contribution in [-0.4, -0.2) is 70.9 Å². The van der Waals surface area contributed by atoms with E-state index in [9.17, 15) is 10.1 Å². The topological polar surface area (TPSA) is 119 Å². The van der Waals surface area contributed by atoms with Gasteiger partial charge >= 0.3 is 0 Å². The van der Waals surface area contributed by atoms with Gasteiger partial charge in [-0.1, -0.05) is 6.07 Å². The lowest BCUT2D eigenvalue weighted by atomic mass is 10.2. The fraction of sp³-hybridized carbons (Fsp3) is 0.250. The van der Waals surface area contributed by atoms with E-state index >= 15 is 0 Å². The van der Waals surface area contributed by atoms with Gasteiger partial charge in [0.25, 0.3) is 5.69 Å². The second kappa shape index (κ2) is 10.2. The number of methoxy groups -OCH3 is 1. The number of ether oxygens (including phenoxy) is 1. The molecule has 0 saturated carbocycles. The normalized spacial score (nSPS) is 10.9. The summed E-state index contributed by atoms with van der Waals surface area (Å²) in [6.45, 7) is 8.52. The summed E-state index contributed by atoms with van der Waals surface area (Å²) < 4.78 is 7.17. The van der Waals surface area contributed by atoms with Crippen molar-refractivity contribution in [1.82, 2.24) is 24.6 Å². The van der Waals surface area contributed by atoms with Crippen LogP contribution in [0.4, 0.5) is 28.7 Å². The van der Waals surface area contributed by atoms with Crippen LogP contribution in [0.1, 0.15) is 0 Å². The lowest BCUT2D eigenvalue weighted by molar-refractivity contribution is -0.384. The van der Waals surface area contributed by atoms with Crippen LogP contribution < -0.4 is 15.0 Å². The summed E-state index contributed by atoms with van der Waals surface area (Å²) in [6.07, 6.45) is 3.23. The highest BCUT2D eigenvalue weighted by molar-refractivity contribution is 5.84. The molecule has 4 rings (SSSR count). The van der Waals surface area contributed by atoms with Crippen molar-refractivity contribution in [2.24, 2.45) is 0 Å². The number of anilines is 3. The summed E-state index contributed by atoms with van der Waals surface area (Å²) in [4.78, 5) is 27.5. The first kappa shape index (κ1) is 24.4. The Kier molecular flexibility index (Phi) is 6.93. The maximum Gasteiger partial charge on any atom is 0.294 e. The molecular weight excluding hydrogens is 462 g/mol. The number of rotatable bonds is 9. The third-order valence-electron chi connectivity index (χ3n) is 5.57. The number of hydrogen-bond donors (Lipinski definition) is 1. The lowest BCUT2D eigenvalue weighted by Crippen LogP contribution is -2.28. The maximum absolute atomic E-state index is 11.9. The minimum Gasteiger partial charge on any atom is -0.494 e. The number of benzene rings is 2. The average molecular weight is 488 g/mol. The van der Waals surface area contributed by atoms with Crippen molar-refractivity contribution in [1.29, 1.82) is 0 Å². The van der Waals surface area contributed by atoms with Crippen molar-refractivity contribution in [3.8, 4) is 11.6 Å². The minimum atomic E-state index is -0.420. The van der Waals surface area contributed by atoms with Crippen LogP contribution in [0, 0.1) is 16.7 Å². The third-order valence-corrected chi connectivity index (χ3v) is 5.57. The molecule has 12 nitrogen and oxygen atoms in total. The highest BCUT2D eigenvalue weighted by Crippen LogP contribution is 2.39. The Labute approximate surface area is 207 Å². The Hall–Kier alpha value is -4.76. The zero-order valence-corrected chi connectivity index (χ0v) is 20.3. The van der Waals surface area contributed by atoms with Crippen LogP contribution in [0.15, 0.2) is 48.8 Å². The van der Waals surface area contributed by atoms with Gasteiger partial charge in [-0.15, -0.1) is 0 Å². The zero-order chi connectivity index (χ0) is 25.8. The van der Waals surface area contributed by atoms with E-state index in [0.717, 1.165) is 17.4 Å². The monoisotopic (exact) mass is 487 g/mol. The first-order valence-corrected chi connectivity index (χ1v) is 11.0. The molecule has 0 radical (unpaired) electrons. The summed E-state index contributed by atoms with van der Waals surface area (Å²) in [5.74, 6) is 1.12. The van der Waals surface area contributed by atoms with Gasteiger partial charge in [0, 0.05) is 49.9 Å². The van der Waals surface area contributed by atoms with E-state index in [-0.39, 0.29) is 11.6 Å². The quantitative estimate of drug-likeness (QED) is 0.212. The number of nitro benzene ring substituents is 1. The van der Waals surface area contributed by atoms with Crippen molar-refractivity contribution in [3.63, 3.8) is 0 Å². The molecule has 36 heavy (non-hydrogen) atoms. The van der Waals surface area contributed by atoms with Crippen LogP contribution in [-0.2, 0) is 0 Å². The molecule has 0 amide bonds. The molecule has 0 aliphatic carbocycles. The van der Waals surface area contributed by atoms with Gasteiger partial charge in [-0.05, 0) is 26.2 Å². The smallest absolute Gasteiger partial charge is 0.294 e. The van der Waals surface area contributed by atoms with Gasteiger partial charge in [0.2, 0.25) is 5.95 Å². The predicted octanol–water partition coefficient (Wildman–Crippen LogP) is 4.02. The van der Waals surface area contributed by atoms with E-state index in [2.05, 4.69) is 25.2 Å². The molecule has 0 bridgehead atoms. The van der Waals surface area contributed by atoms with Crippen molar-refractivity contribution >= 4 is 39.6 Å². The van der Waals surface area contributed by atoms with Gasteiger partial charge < -0.3 is 19.9 Å². The molecule has 2 aromatic carbocycles. The summed E-state index contributed by atoms with van der Waals surface area (Å²) in [7, 11) is 7.20. The van der Waals surface area contributed by atoms with Crippen LogP contribution in [0.2, 0.25) is 0 Å². The molecule has 2 heterocycles. The van der Waals surface area contributed by atoms with Crippen LogP contribution in [0.3, 0.4) is 0 Å². The molecule has 2 aromatic heterocycles. The van der Waals surface area contributed by atoms with Gasteiger partial charge in [-0.25, -0.2) is 14.5 Å². The highest BCUT2D eigenvalue weighted by Gasteiger charge is 2.22. The van der Waals surface area contributed by atoms with Gasteiger partial charge in [-0.3, -0.25) is 10.1 Å². The standard InChI is InChI=1S/C24H25N9O3/c1-25-17-6-7-19-16(12-17)15-27-32(19)23-8-9-26-24(29-23)28-18-13-21(33(34)35)20(14-22(18)36-5)31(4)11-10-30(2)3/h6-9,12-15H,10-11H2,2-5H3,(H,26,28,29). The number of aromatic nitrogens is 4. The van der Waals surface area contributed by atoms with Crippen molar-refractivity contribution < 1.29 is 9.66 Å². The zero-order valence-electron chi connectivity index (χ0n) is 20.3. The largest absolute Gasteiger partial charge is 0.494 e. The number of hydrogen-bond acceptors (Lipinski definition) is 9. The minimum absolute atomic E-state index is 0.0654. The second-order valence-corrected chi connectivity index (χ2v) is 8.30. The van der Waals surface area contributed by atoms with Crippen LogP contribution >= 0.6 is 0 Å². The van der Waals surface area contributed by atoms with E-state index in [4.69, 9.17) is 11.3 Å². The number of fused-ring (bicyclic) bond motifs is 1. The molecule has 184 valence electrons. The van der Waals surface area contributed by atoms with Gasteiger partial charge in [0.15, 0.2) is 11.5 Å². The fourth-order valence-electron chi connectivity index (χ4n) is 3.67. The molecule has 0 saturated heterocycles. The molecule has 0 fully saturated rings. The Morgan fingerprint density at radius 2 is 2.00 bits per heavy atom. The van der Waals surface area contributed by atoms with Crippen LogP contribution in [0.25, 0.3) is 21.6 Å². The van der Waals surface area contributed by atoms with E-state index < -0.39 is 4.92 Å². The Bertz CT molecular complexity index is 1460.